The first-order valence-corrected chi connectivity index (χ1v) is 41.3. The Morgan fingerprint density at radius 2 is 0.415 bits per heavy atom. The zero-order chi connectivity index (χ0) is 75.4. The van der Waals surface area contributed by atoms with Gasteiger partial charge in [0.15, 0.2) is 11.4 Å². The summed E-state index contributed by atoms with van der Waals surface area (Å²) >= 11 is 2.06. The van der Waals surface area contributed by atoms with Crippen LogP contribution in [0.1, 0.15) is 180 Å². The van der Waals surface area contributed by atoms with Crippen LogP contribution in [0.3, 0.4) is 0 Å². The van der Waals surface area contributed by atoms with Crippen LogP contribution in [0.2, 0.25) is 0 Å². The fourth-order valence-corrected chi connectivity index (χ4v) is 13.6. The third-order valence-electron chi connectivity index (χ3n) is 20.0. The molecule has 8 aromatic rings. The van der Waals surface area contributed by atoms with Crippen molar-refractivity contribution in [1.29, 1.82) is 0 Å². The number of hydrogen-bond donors (Lipinski definition) is 0. The topological polar surface area (TPSA) is 25.0 Å². The minimum atomic E-state index is 1.10. The summed E-state index contributed by atoms with van der Waals surface area (Å²) in [5, 5.41) is 3.19. The Balaban J connectivity index is 0.000000262. The van der Waals surface area contributed by atoms with Crippen LogP contribution in [0.5, 0.6) is 0 Å². The van der Waals surface area contributed by atoms with E-state index in [-0.39, 0.29) is 0 Å². The first-order valence-electron chi connectivity index (χ1n) is 40.3. The molecule has 0 spiro atoms. The molecule has 8 nitrogen and oxygen atoms in total. The van der Waals surface area contributed by atoms with Gasteiger partial charge in [0.05, 0.1) is 0 Å². The van der Waals surface area contributed by atoms with E-state index in [2.05, 4.69) is 386 Å². The Morgan fingerprint density at radius 3 is 0.613 bits per heavy atom. The van der Waals surface area contributed by atoms with Crippen molar-refractivity contribution < 1.29 is 26.1 Å². The second kappa shape index (κ2) is 44.9. The molecule has 0 bridgehead atoms. The van der Waals surface area contributed by atoms with Crippen LogP contribution in [-0.2, 0) is 17.0 Å². The standard InChI is InChI=1S/2C48H62N4.CH2.V/c2*1-7-11-35-49(36-12-8-2)41-23-27-45(28-24-41)52(46-29-25-42(26-30-46)50(37-13-9-3)38-14-10-4)48-33-31-47(32-34-48)51(43-19-15-39(5)16-20-43)44-21-17-40(6)18-22-44;;/h2*15-34H,7-14,35-38H2,1-6H3;1H2;/q2*+2;;. The molecular formula is C97H126N8V+4. The summed E-state index contributed by atoms with van der Waals surface area (Å²) in [6, 6.07) is 71.9. The number of unbranched alkanes of at least 4 members (excludes halogenated alkanes) is 8. The number of benzene rings is 8. The second-order valence-electron chi connectivity index (χ2n) is 28.6. The summed E-state index contributed by atoms with van der Waals surface area (Å²) < 4.78 is 9.95. The average Bonchev–Trinajstić information content (AvgIpc) is 0.795. The number of nitrogens with zero attached hydrogens (tertiary/aromatic N) is 8. The molecule has 0 amide bonds. The van der Waals surface area contributed by atoms with Gasteiger partial charge in [-0.3, -0.25) is 0 Å². The molecule has 0 aliphatic heterocycles. The van der Waals surface area contributed by atoms with Crippen molar-refractivity contribution in [1.82, 2.24) is 9.15 Å². The quantitative estimate of drug-likeness (QED) is 0.0289. The zero-order valence-corrected chi connectivity index (χ0v) is 68.2. The van der Waals surface area contributed by atoms with Gasteiger partial charge in [0.25, 0.3) is 0 Å². The average molecular weight is 1460 g/mol. The summed E-state index contributed by atoms with van der Waals surface area (Å²) in [5.41, 5.74) is 24.1. The first-order chi connectivity index (χ1) is 51.9. The Kier molecular flexibility index (Phi) is 35.0. The Hall–Kier alpha value is -8.95. The summed E-state index contributed by atoms with van der Waals surface area (Å²) in [5.74, 6) is 0. The van der Waals surface area contributed by atoms with Crippen molar-refractivity contribution >= 4 is 96.3 Å². The van der Waals surface area contributed by atoms with Crippen LogP contribution >= 0.6 is 0 Å². The molecule has 106 heavy (non-hydrogen) atoms. The van der Waals surface area contributed by atoms with Gasteiger partial charge in [-0.1, -0.05) is 178 Å². The van der Waals surface area contributed by atoms with Crippen molar-refractivity contribution in [3.8, 4) is 0 Å². The predicted molar refractivity (Wildman–Crippen MR) is 464 cm³/mol. The molecule has 0 fully saturated rings. The van der Waals surface area contributed by atoms with E-state index in [0.29, 0.717) is 0 Å². The van der Waals surface area contributed by atoms with Gasteiger partial charge in [-0.2, -0.15) is 9.15 Å². The molecule has 0 saturated heterocycles. The molecule has 9 heteroatoms. The van der Waals surface area contributed by atoms with Gasteiger partial charge < -0.3 is 19.6 Å². The van der Waals surface area contributed by atoms with E-state index in [1.54, 1.807) is 0 Å². The Morgan fingerprint density at radius 1 is 0.236 bits per heavy atom. The molecule has 555 valence electrons. The van der Waals surface area contributed by atoms with Gasteiger partial charge in [0, 0.05) is 195 Å². The summed E-state index contributed by atoms with van der Waals surface area (Å²) in [7, 11) is 0. The predicted octanol–water partition coefficient (Wildman–Crippen LogP) is 25.2. The van der Waals surface area contributed by atoms with Crippen LogP contribution in [0, 0.1) is 27.7 Å². The molecule has 0 atom stereocenters. The maximum atomic E-state index is 3.19. The maximum absolute atomic E-state index is 3.19. The first kappa shape index (κ1) is 82.7. The third kappa shape index (κ3) is 24.0. The second-order valence-corrected chi connectivity index (χ2v) is 28.6. The van der Waals surface area contributed by atoms with E-state index in [1.165, 1.54) is 148 Å². The van der Waals surface area contributed by atoms with E-state index in [0.717, 1.165) is 121 Å². The van der Waals surface area contributed by atoms with Gasteiger partial charge in [-0.15, -0.1) is 0 Å². The van der Waals surface area contributed by atoms with E-state index in [1.807, 2.05) is 0 Å². The molecule has 10 rings (SSSR count). The van der Waals surface area contributed by atoms with Crippen molar-refractivity contribution in [3.05, 3.63) is 265 Å². The van der Waals surface area contributed by atoms with Crippen molar-refractivity contribution in [3.63, 3.8) is 0 Å². The fraction of sp³-hybridized carbons (Fsp3) is 0.371. The number of rotatable bonds is 36. The van der Waals surface area contributed by atoms with Crippen molar-refractivity contribution in [2.24, 2.45) is 0 Å². The van der Waals surface area contributed by atoms with Gasteiger partial charge in [-0.05, 0) is 150 Å². The summed E-state index contributed by atoms with van der Waals surface area (Å²) in [4.78, 5) is 9.82. The normalized spacial score (nSPS) is 12.1. The molecule has 0 unspecified atom stereocenters. The van der Waals surface area contributed by atoms with Crippen LogP contribution in [0.4, 0.5) is 68.2 Å². The SMILES string of the molecule is CCCCN(CCCC)c1ccc([N+](=C2C=CC(=[N+](CCCC)CCCC)C=C2)c2ccc(N(c3ccc(C)cc3)c3ccc(C)cc3)cc2)cc1.CCCCN(CCCC)c1ccc([N+](=C2C=CC(=[N+](CCCC)CCCC)C=C2)c2ccc(N(c3ccc(C)cc3)c3ccc(C)cc3)cc2)cc1.[CH2]=[V]. The summed E-state index contributed by atoms with van der Waals surface area (Å²) in [6.45, 7) is 35.7. The zero-order valence-electron chi connectivity index (χ0n) is 66.8. The van der Waals surface area contributed by atoms with Gasteiger partial charge in [-0.25, -0.2) is 9.15 Å². The van der Waals surface area contributed by atoms with Gasteiger partial charge in [0.1, 0.15) is 26.2 Å². The molecule has 0 aromatic heterocycles. The molecular weight excluding hydrogens is 1330 g/mol. The van der Waals surface area contributed by atoms with Gasteiger partial charge in [0.2, 0.25) is 34.2 Å². The number of allylic oxidation sites excluding steroid dienone is 8. The molecule has 2 aliphatic carbocycles. The van der Waals surface area contributed by atoms with Gasteiger partial charge >= 0.3 is 22.2 Å². The van der Waals surface area contributed by atoms with Crippen LogP contribution in [0.25, 0.3) is 0 Å². The van der Waals surface area contributed by atoms with Crippen LogP contribution in [0.15, 0.2) is 243 Å². The Bertz CT molecular complexity index is 3750. The van der Waals surface area contributed by atoms with E-state index < -0.39 is 0 Å². The molecule has 0 N–H and O–H groups in total. The van der Waals surface area contributed by atoms with Crippen molar-refractivity contribution in [2.75, 3.05) is 72.0 Å². The number of aryl methyl sites for hydroxylation is 4. The monoisotopic (exact) mass is 1450 g/mol. The summed E-state index contributed by atoms with van der Waals surface area (Å²) in [6.07, 6.45) is 37.9. The third-order valence-corrected chi connectivity index (χ3v) is 20.0. The fourth-order valence-electron chi connectivity index (χ4n) is 13.6. The molecule has 0 radical (unpaired) electrons. The van der Waals surface area contributed by atoms with E-state index in [4.69, 9.17) is 0 Å². The van der Waals surface area contributed by atoms with Crippen LogP contribution in [-0.4, -0.2) is 89.6 Å². The molecule has 0 saturated carbocycles. The number of hydrogen-bond acceptors (Lipinski definition) is 4. The molecule has 8 aromatic carbocycles. The molecule has 0 heterocycles. The van der Waals surface area contributed by atoms with Crippen molar-refractivity contribution in [2.45, 2.75) is 186 Å². The minimum absolute atomic E-state index is 1.10. The van der Waals surface area contributed by atoms with E-state index >= 15 is 0 Å². The number of anilines is 8. The Labute approximate surface area is 650 Å². The molecule has 2 aliphatic rings. The van der Waals surface area contributed by atoms with Crippen LogP contribution < -0.4 is 28.8 Å². The van der Waals surface area contributed by atoms with E-state index in [9.17, 15) is 0 Å².